The number of hydrogen-bond acceptors (Lipinski definition) is 8. The van der Waals surface area contributed by atoms with Crippen LogP contribution in [0.15, 0.2) is 0 Å². The van der Waals surface area contributed by atoms with E-state index >= 15 is 0 Å². The summed E-state index contributed by atoms with van der Waals surface area (Å²) >= 11 is 4.36. The summed E-state index contributed by atoms with van der Waals surface area (Å²) in [4.78, 5) is 20.8. The van der Waals surface area contributed by atoms with Crippen LogP contribution < -0.4 is 0 Å². The van der Waals surface area contributed by atoms with Gasteiger partial charge in [0.1, 0.15) is 6.61 Å². The van der Waals surface area contributed by atoms with Crippen LogP contribution in [0.5, 0.6) is 0 Å². The van der Waals surface area contributed by atoms with Crippen LogP contribution in [0.25, 0.3) is 0 Å². The van der Waals surface area contributed by atoms with Gasteiger partial charge in [-0.05, 0) is 87.2 Å². The average Bonchev–Trinajstić information content (AvgIpc) is 3.16. The van der Waals surface area contributed by atoms with Gasteiger partial charge in [-0.2, -0.15) is 12.6 Å². The molecule has 0 aromatic heterocycles. The van der Waals surface area contributed by atoms with Gasteiger partial charge in [0.2, 0.25) is 0 Å². The zero-order valence-corrected chi connectivity index (χ0v) is 45.3. The Morgan fingerprint density at radius 3 is 1.38 bits per heavy atom. The van der Waals surface area contributed by atoms with Crippen LogP contribution in [0, 0.1) is 0 Å². The van der Waals surface area contributed by atoms with Crippen molar-refractivity contribution in [2.75, 3.05) is 71.3 Å². The number of rotatable bonds is 37. The van der Waals surface area contributed by atoms with Gasteiger partial charge < -0.3 is 18.5 Å². The van der Waals surface area contributed by atoms with E-state index in [-0.39, 0.29) is 28.3 Å². The largest absolute Gasteiger partial charge is 0.464 e. The van der Waals surface area contributed by atoms with Crippen molar-refractivity contribution in [3.05, 3.63) is 0 Å². The third-order valence-electron chi connectivity index (χ3n) is 14.1. The highest BCUT2D eigenvalue weighted by Crippen LogP contribution is 2.39. The number of piperazine rings is 1. The van der Waals surface area contributed by atoms with Crippen molar-refractivity contribution in [1.82, 2.24) is 14.7 Å². The van der Waals surface area contributed by atoms with Gasteiger partial charge in [0, 0.05) is 52.2 Å². The van der Waals surface area contributed by atoms with Gasteiger partial charge in [-0.25, -0.2) is 0 Å². The molecule has 0 saturated carbocycles. The molecule has 0 N–H and O–H groups in total. The topological polar surface area (TPSA) is 54.5 Å². The van der Waals surface area contributed by atoms with Crippen LogP contribution in [0.3, 0.4) is 0 Å². The van der Waals surface area contributed by atoms with Crippen LogP contribution >= 0.6 is 12.6 Å². The van der Waals surface area contributed by atoms with Crippen molar-refractivity contribution in [2.45, 2.75) is 245 Å². The fourth-order valence-corrected chi connectivity index (χ4v) is 10.9. The predicted octanol–water partition coefficient (Wildman–Crippen LogP) is 13.8. The Balaban J connectivity index is 3.07. The molecule has 0 spiro atoms. The summed E-state index contributed by atoms with van der Waals surface area (Å²) in [5.41, 5.74) is 0. The van der Waals surface area contributed by atoms with Gasteiger partial charge in [-0.15, -0.1) is 0 Å². The zero-order chi connectivity index (χ0) is 44.9. The van der Waals surface area contributed by atoms with E-state index < -0.39 is 16.6 Å². The van der Waals surface area contributed by atoms with Crippen molar-refractivity contribution in [3.63, 3.8) is 0 Å². The molecule has 0 amide bonds. The van der Waals surface area contributed by atoms with Gasteiger partial charge in [0.15, 0.2) is 16.6 Å². The molecular formula is C50H105N3O4SSi2. The molecule has 1 rings (SSSR count). The zero-order valence-electron chi connectivity index (χ0n) is 42.4. The van der Waals surface area contributed by atoms with E-state index in [4.69, 9.17) is 13.6 Å². The first-order valence-electron chi connectivity index (χ1n) is 25.6. The Morgan fingerprint density at radius 2 is 0.983 bits per heavy atom. The Hall–Kier alpha value is 0.0538. The number of ether oxygens (including phenoxy) is 1. The maximum Gasteiger partial charge on any atom is 0.305 e. The molecular weight excluding hydrogens is 795 g/mol. The number of esters is 1. The van der Waals surface area contributed by atoms with E-state index in [1.54, 1.807) is 0 Å². The van der Waals surface area contributed by atoms with Crippen LogP contribution in [0.2, 0.25) is 36.3 Å². The number of thiol groups is 1. The van der Waals surface area contributed by atoms with Crippen LogP contribution in [-0.4, -0.2) is 121 Å². The minimum absolute atomic E-state index is 0.0543. The number of hydrogen-bond donors (Lipinski definition) is 1. The molecule has 1 heterocycles. The molecule has 1 saturated heterocycles. The summed E-state index contributed by atoms with van der Waals surface area (Å²) in [6.45, 7) is 38.0. The fourth-order valence-electron chi connectivity index (χ4n) is 7.90. The number of nitrogens with zero attached hydrogens (tertiary/aromatic N) is 3. The molecule has 1 aliphatic rings. The first-order valence-corrected chi connectivity index (χ1v) is 32.1. The molecule has 0 aromatic rings. The molecule has 358 valence electrons. The smallest absolute Gasteiger partial charge is 0.305 e. The van der Waals surface area contributed by atoms with E-state index in [0.717, 1.165) is 77.4 Å². The molecule has 2 unspecified atom stereocenters. The highest BCUT2D eigenvalue weighted by atomic mass is 32.1. The Labute approximate surface area is 383 Å². The Kier molecular flexibility index (Phi) is 31.6. The quantitative estimate of drug-likeness (QED) is 0.0288. The van der Waals surface area contributed by atoms with Crippen LogP contribution in [0.4, 0.5) is 0 Å². The van der Waals surface area contributed by atoms with Gasteiger partial charge in [-0.1, -0.05) is 158 Å². The molecule has 1 aliphatic heterocycles. The standard InChI is InChI=1S/C50H105N3O4SSi2/c1-13-15-17-19-21-23-25-27-32-46(56-59(9,10)49(3,4)5)44-53(36-31-34-48(54)55-42-41-52-39-37-51(38-40-52)35-29-30-43-58)45-47(57-60(11,12)50(6,7)8)33-28-26-24-22-20-18-16-14-2/h46-47,58H,13-45H2,1-12H3. The van der Waals surface area contributed by atoms with Crippen LogP contribution in [0.1, 0.15) is 197 Å². The molecule has 60 heavy (non-hydrogen) atoms. The van der Waals surface area contributed by atoms with E-state index in [1.807, 2.05) is 0 Å². The average molecular weight is 901 g/mol. The molecule has 7 nitrogen and oxygen atoms in total. The lowest BCUT2D eigenvalue weighted by atomic mass is 10.0. The Morgan fingerprint density at radius 1 is 0.583 bits per heavy atom. The summed E-state index contributed by atoms with van der Waals surface area (Å²) in [5.74, 6) is 0.918. The number of carbonyl (C=O) groups excluding carboxylic acids is 1. The lowest BCUT2D eigenvalue weighted by Crippen LogP contribution is -2.50. The van der Waals surface area contributed by atoms with E-state index in [0.29, 0.717) is 13.0 Å². The second-order valence-corrected chi connectivity index (χ2v) is 31.7. The maximum atomic E-state index is 13.2. The number of unbranched alkanes of at least 4 members (excludes halogenated alkanes) is 15. The lowest BCUT2D eigenvalue weighted by molar-refractivity contribution is -0.144. The minimum atomic E-state index is -2.00. The van der Waals surface area contributed by atoms with Crippen molar-refractivity contribution in [1.29, 1.82) is 0 Å². The molecule has 1 fully saturated rings. The molecule has 2 atom stereocenters. The van der Waals surface area contributed by atoms with Crippen molar-refractivity contribution < 1.29 is 18.4 Å². The summed E-state index contributed by atoms with van der Waals surface area (Å²) in [7, 11) is -3.99. The summed E-state index contributed by atoms with van der Waals surface area (Å²) in [5, 5.41) is 0.312. The molecule has 0 aromatic carbocycles. The fraction of sp³-hybridized carbons (Fsp3) is 0.980. The highest BCUT2D eigenvalue weighted by Gasteiger charge is 2.41. The second-order valence-electron chi connectivity index (χ2n) is 21.7. The summed E-state index contributed by atoms with van der Waals surface area (Å²) < 4.78 is 20.5. The highest BCUT2D eigenvalue weighted by molar-refractivity contribution is 7.80. The summed E-state index contributed by atoms with van der Waals surface area (Å²) in [6.07, 6.45) is 27.5. The second kappa shape index (κ2) is 32.7. The molecule has 0 bridgehead atoms. The van der Waals surface area contributed by atoms with Crippen molar-refractivity contribution in [3.8, 4) is 0 Å². The van der Waals surface area contributed by atoms with Gasteiger partial charge >= 0.3 is 5.97 Å². The maximum absolute atomic E-state index is 13.2. The first-order chi connectivity index (χ1) is 28.3. The molecule has 0 radical (unpaired) electrons. The van der Waals surface area contributed by atoms with Gasteiger partial charge in [-0.3, -0.25) is 14.6 Å². The minimum Gasteiger partial charge on any atom is -0.464 e. The molecule has 10 heteroatoms. The normalized spacial score (nSPS) is 16.2. The first kappa shape index (κ1) is 58.1. The predicted molar refractivity (Wildman–Crippen MR) is 271 cm³/mol. The Bertz CT molecular complexity index is 992. The van der Waals surface area contributed by atoms with Crippen molar-refractivity contribution >= 4 is 35.2 Å². The monoisotopic (exact) mass is 900 g/mol. The van der Waals surface area contributed by atoms with Crippen LogP contribution in [-0.2, 0) is 18.4 Å². The van der Waals surface area contributed by atoms with E-state index in [1.165, 1.54) is 122 Å². The molecule has 0 aliphatic carbocycles. The third kappa shape index (κ3) is 27.4. The van der Waals surface area contributed by atoms with Crippen molar-refractivity contribution in [2.24, 2.45) is 0 Å². The third-order valence-corrected chi connectivity index (χ3v) is 23.5. The van der Waals surface area contributed by atoms with E-state index in [9.17, 15) is 4.79 Å². The lowest BCUT2D eigenvalue weighted by Gasteiger charge is -2.42. The van der Waals surface area contributed by atoms with Gasteiger partial charge in [0.05, 0.1) is 12.2 Å². The summed E-state index contributed by atoms with van der Waals surface area (Å²) in [6, 6.07) is 0. The number of carbonyl (C=O) groups is 1. The van der Waals surface area contributed by atoms with Gasteiger partial charge in [0.25, 0.3) is 0 Å². The van der Waals surface area contributed by atoms with E-state index in [2.05, 4.69) is 109 Å². The SMILES string of the molecule is CCCCCCCCCCC(CN(CCCC(=O)OCCN1CCN(CCCCS)CC1)CC(CCCCCCCCCC)O[Si](C)(C)C(C)(C)C)O[Si](C)(C)C(C)(C)C.